The molecule has 5 nitrogen and oxygen atoms in total. The first-order chi connectivity index (χ1) is 9.83. The topological polar surface area (TPSA) is 68.5 Å². The van der Waals surface area contributed by atoms with Gasteiger partial charge in [0, 0.05) is 6.04 Å². The lowest BCUT2D eigenvalue weighted by Crippen LogP contribution is -2.26. The van der Waals surface area contributed by atoms with Gasteiger partial charge >= 0.3 is 0 Å². The summed E-state index contributed by atoms with van der Waals surface area (Å²) < 4.78 is 50.2. The minimum atomic E-state index is -3.79. The normalized spacial score (nSPS) is 13.1. The number of benzene rings is 1. The zero-order valence-electron chi connectivity index (χ0n) is 11.9. The molecule has 0 amide bonds. The Morgan fingerprint density at radius 1 is 1.29 bits per heavy atom. The number of sulfonamides is 1. The van der Waals surface area contributed by atoms with Gasteiger partial charge in [0.05, 0.1) is 7.11 Å². The molecule has 0 aliphatic carbocycles. The van der Waals surface area contributed by atoms with E-state index in [0.29, 0.717) is 11.3 Å². The van der Waals surface area contributed by atoms with E-state index < -0.39 is 21.9 Å². The van der Waals surface area contributed by atoms with Crippen molar-refractivity contribution in [1.82, 2.24) is 4.72 Å². The van der Waals surface area contributed by atoms with Crippen LogP contribution in [0.1, 0.15) is 24.3 Å². The summed E-state index contributed by atoms with van der Waals surface area (Å²) in [7, 11) is -2.42. The molecule has 7 heteroatoms. The van der Waals surface area contributed by atoms with Crippen LogP contribution in [0.15, 0.2) is 39.8 Å². The van der Waals surface area contributed by atoms with Crippen LogP contribution in [-0.2, 0) is 10.0 Å². The highest BCUT2D eigenvalue weighted by Crippen LogP contribution is 2.23. The van der Waals surface area contributed by atoms with E-state index in [1.807, 2.05) is 0 Å². The number of halogens is 1. The van der Waals surface area contributed by atoms with Crippen LogP contribution in [-0.4, -0.2) is 15.5 Å². The van der Waals surface area contributed by atoms with Crippen molar-refractivity contribution in [3.8, 4) is 5.75 Å². The molecule has 21 heavy (non-hydrogen) atoms. The van der Waals surface area contributed by atoms with Crippen molar-refractivity contribution >= 4 is 10.0 Å². The smallest absolute Gasteiger partial charge is 0.274 e. The summed E-state index contributed by atoms with van der Waals surface area (Å²) in [6.07, 6.45) is 0. The van der Waals surface area contributed by atoms with Crippen LogP contribution >= 0.6 is 0 Å². The number of methoxy groups -OCH3 is 1. The number of rotatable bonds is 5. The molecule has 1 N–H and O–H groups in total. The highest BCUT2D eigenvalue weighted by atomic mass is 32.2. The van der Waals surface area contributed by atoms with Crippen molar-refractivity contribution in [3.63, 3.8) is 0 Å². The fourth-order valence-corrected chi connectivity index (χ4v) is 3.07. The van der Waals surface area contributed by atoms with Gasteiger partial charge in [-0.05, 0) is 43.7 Å². The van der Waals surface area contributed by atoms with Crippen molar-refractivity contribution in [1.29, 1.82) is 0 Å². The molecule has 0 unspecified atom stereocenters. The van der Waals surface area contributed by atoms with Crippen LogP contribution in [0.5, 0.6) is 5.75 Å². The zero-order chi connectivity index (χ0) is 15.6. The molecular weight excluding hydrogens is 297 g/mol. The summed E-state index contributed by atoms with van der Waals surface area (Å²) in [5.41, 5.74) is 0.486. The molecule has 0 bridgehead atoms. The van der Waals surface area contributed by atoms with Crippen molar-refractivity contribution in [2.24, 2.45) is 0 Å². The van der Waals surface area contributed by atoms with Gasteiger partial charge in [-0.15, -0.1) is 0 Å². The molecule has 2 aromatic rings. The van der Waals surface area contributed by atoms with Gasteiger partial charge in [0.25, 0.3) is 10.0 Å². The van der Waals surface area contributed by atoms with Crippen LogP contribution in [0.3, 0.4) is 0 Å². The van der Waals surface area contributed by atoms with Gasteiger partial charge in [-0.2, -0.15) is 0 Å². The van der Waals surface area contributed by atoms with Gasteiger partial charge in [-0.25, -0.2) is 17.5 Å². The van der Waals surface area contributed by atoms with Gasteiger partial charge in [0.2, 0.25) is 5.09 Å². The first kappa shape index (κ1) is 15.5. The Kier molecular flexibility index (Phi) is 4.34. The molecule has 1 heterocycles. The molecule has 0 radical (unpaired) electrons. The second-order valence-corrected chi connectivity index (χ2v) is 6.25. The minimum absolute atomic E-state index is 0.107. The summed E-state index contributed by atoms with van der Waals surface area (Å²) in [6, 6.07) is 6.61. The monoisotopic (exact) mass is 313 g/mol. The van der Waals surface area contributed by atoms with Crippen LogP contribution in [0.4, 0.5) is 4.39 Å². The number of hydrogen-bond donors (Lipinski definition) is 1. The number of hydrogen-bond acceptors (Lipinski definition) is 4. The van der Waals surface area contributed by atoms with E-state index in [1.165, 1.54) is 25.3 Å². The van der Waals surface area contributed by atoms with Gasteiger partial charge in [-0.1, -0.05) is 6.07 Å². The quantitative estimate of drug-likeness (QED) is 0.921. The maximum Gasteiger partial charge on any atom is 0.274 e. The lowest BCUT2D eigenvalue weighted by atomic mass is 10.1. The predicted molar refractivity (Wildman–Crippen MR) is 75.1 cm³/mol. The molecule has 114 valence electrons. The first-order valence-electron chi connectivity index (χ1n) is 6.25. The van der Waals surface area contributed by atoms with Crippen LogP contribution in [0.25, 0.3) is 0 Å². The summed E-state index contributed by atoms with van der Waals surface area (Å²) >= 11 is 0. The number of furan rings is 1. The first-order valence-corrected chi connectivity index (χ1v) is 7.74. The molecule has 0 fully saturated rings. The lowest BCUT2D eigenvalue weighted by molar-refractivity contribution is 0.385. The Hall–Kier alpha value is -1.86. The fraction of sp³-hybridized carbons (Fsp3) is 0.286. The van der Waals surface area contributed by atoms with E-state index in [9.17, 15) is 12.8 Å². The third kappa shape index (κ3) is 3.43. The number of nitrogens with one attached hydrogen (secondary N) is 1. The zero-order valence-corrected chi connectivity index (χ0v) is 12.7. The Labute approximate surface area is 122 Å². The molecule has 1 atom stereocenters. The van der Waals surface area contributed by atoms with E-state index in [4.69, 9.17) is 9.15 Å². The standard InChI is InChI=1S/C14H16FNO4S/c1-9-4-7-14(20-9)21(17,18)16-10(2)11-5-6-13(19-3)12(15)8-11/h4-8,10,16H,1-3H3/t10-/m0/s1. The highest BCUT2D eigenvalue weighted by molar-refractivity contribution is 7.89. The third-order valence-electron chi connectivity index (χ3n) is 2.99. The summed E-state index contributed by atoms with van der Waals surface area (Å²) in [6.45, 7) is 3.27. The molecule has 1 aromatic carbocycles. The van der Waals surface area contributed by atoms with Crippen molar-refractivity contribution < 1.29 is 22.0 Å². The summed E-state index contributed by atoms with van der Waals surface area (Å²) in [5.74, 6) is 0.0591. The van der Waals surface area contributed by atoms with Crippen molar-refractivity contribution in [3.05, 3.63) is 47.5 Å². The summed E-state index contributed by atoms with van der Waals surface area (Å²) in [4.78, 5) is 0. The Morgan fingerprint density at radius 2 is 2.00 bits per heavy atom. The van der Waals surface area contributed by atoms with Crippen molar-refractivity contribution in [2.45, 2.75) is 25.0 Å². The number of aryl methyl sites for hydroxylation is 1. The van der Waals surface area contributed by atoms with E-state index in [0.717, 1.165) is 0 Å². The maximum atomic E-state index is 13.6. The molecule has 1 aromatic heterocycles. The Morgan fingerprint density at radius 3 is 2.52 bits per heavy atom. The minimum Gasteiger partial charge on any atom is -0.494 e. The molecule has 0 aliphatic rings. The Balaban J connectivity index is 2.21. The van der Waals surface area contributed by atoms with E-state index in [1.54, 1.807) is 26.0 Å². The van der Waals surface area contributed by atoms with Gasteiger partial charge < -0.3 is 9.15 Å². The van der Waals surface area contributed by atoms with E-state index >= 15 is 0 Å². The van der Waals surface area contributed by atoms with Crippen LogP contribution in [0, 0.1) is 12.7 Å². The number of ether oxygens (including phenoxy) is 1. The maximum absolute atomic E-state index is 13.6. The molecule has 2 rings (SSSR count). The highest BCUT2D eigenvalue weighted by Gasteiger charge is 2.22. The Bertz CT molecular complexity index is 739. The molecule has 0 aliphatic heterocycles. The fourth-order valence-electron chi connectivity index (χ4n) is 1.87. The molecule has 0 saturated heterocycles. The summed E-state index contributed by atoms with van der Waals surface area (Å²) in [5, 5.41) is -0.166. The van der Waals surface area contributed by atoms with E-state index in [2.05, 4.69) is 4.72 Å². The van der Waals surface area contributed by atoms with Crippen molar-refractivity contribution in [2.75, 3.05) is 7.11 Å². The second kappa shape index (κ2) is 5.87. The average Bonchev–Trinajstić information content (AvgIpc) is 2.85. The van der Waals surface area contributed by atoms with Crippen LogP contribution < -0.4 is 9.46 Å². The lowest BCUT2D eigenvalue weighted by Gasteiger charge is -2.14. The SMILES string of the molecule is COc1ccc([C@H](C)NS(=O)(=O)c2ccc(C)o2)cc1F. The average molecular weight is 313 g/mol. The van der Waals surface area contributed by atoms with Gasteiger partial charge in [-0.3, -0.25) is 0 Å². The van der Waals surface area contributed by atoms with Gasteiger partial charge in [0.15, 0.2) is 11.6 Å². The van der Waals surface area contributed by atoms with E-state index in [-0.39, 0.29) is 10.8 Å². The molecular formula is C14H16FNO4S. The molecule has 0 saturated carbocycles. The molecule has 0 spiro atoms. The largest absolute Gasteiger partial charge is 0.494 e. The second-order valence-electron chi connectivity index (χ2n) is 4.60. The predicted octanol–water partition coefficient (Wildman–Crippen LogP) is 2.78. The van der Waals surface area contributed by atoms with Gasteiger partial charge in [0.1, 0.15) is 5.76 Å². The van der Waals surface area contributed by atoms with Crippen LogP contribution in [0.2, 0.25) is 0 Å². The third-order valence-corrected chi connectivity index (χ3v) is 4.40.